The minimum absolute atomic E-state index is 0.0328. The molecular weight excluding hydrogens is 396 g/mol. The van der Waals surface area contributed by atoms with Crippen molar-refractivity contribution in [3.8, 4) is 5.75 Å². The highest BCUT2D eigenvalue weighted by Crippen LogP contribution is 2.28. The van der Waals surface area contributed by atoms with Crippen LogP contribution in [0.15, 0.2) is 42.5 Å². The van der Waals surface area contributed by atoms with Gasteiger partial charge in [0.05, 0.1) is 13.0 Å². The molecule has 8 heteroatoms. The first kappa shape index (κ1) is 20.7. The molecule has 1 fully saturated rings. The molecule has 1 N–H and O–H groups in total. The smallest absolute Gasteiger partial charge is 0.311 e. The third-order valence-corrected chi connectivity index (χ3v) is 5.12. The summed E-state index contributed by atoms with van der Waals surface area (Å²) in [5.74, 6) is -1.25. The zero-order valence-electron chi connectivity index (χ0n) is 16.1. The summed E-state index contributed by atoms with van der Waals surface area (Å²) in [6, 6.07) is 12.2. The number of carbonyl (C=O) groups excluding carboxylic acids is 3. The van der Waals surface area contributed by atoms with Crippen LogP contribution in [0.4, 0.5) is 11.4 Å². The van der Waals surface area contributed by atoms with Gasteiger partial charge in [-0.3, -0.25) is 14.4 Å². The molecule has 2 amide bonds. The van der Waals surface area contributed by atoms with E-state index in [2.05, 4.69) is 5.32 Å². The van der Waals surface area contributed by atoms with Gasteiger partial charge in [0.1, 0.15) is 5.75 Å². The van der Waals surface area contributed by atoms with Crippen molar-refractivity contribution in [2.24, 2.45) is 5.92 Å². The lowest BCUT2D eigenvalue weighted by molar-refractivity contribution is -0.151. The minimum atomic E-state index is -0.630. The molecule has 7 nitrogen and oxygen atoms in total. The lowest BCUT2D eigenvalue weighted by Crippen LogP contribution is -2.28. The second kappa shape index (κ2) is 8.96. The summed E-state index contributed by atoms with van der Waals surface area (Å²) < 4.78 is 10.3. The summed E-state index contributed by atoms with van der Waals surface area (Å²) >= 11 is 6.03. The Labute approximate surface area is 173 Å². The monoisotopic (exact) mass is 416 g/mol. The topological polar surface area (TPSA) is 84.9 Å². The number of anilines is 2. The van der Waals surface area contributed by atoms with Crippen LogP contribution in [0.3, 0.4) is 0 Å². The Bertz CT molecular complexity index is 946. The molecule has 2 aromatic carbocycles. The molecule has 0 aromatic heterocycles. The molecule has 2 aromatic rings. The number of rotatable bonds is 6. The zero-order chi connectivity index (χ0) is 21.0. The number of carbonyl (C=O) groups is 3. The van der Waals surface area contributed by atoms with E-state index in [1.165, 1.54) is 4.90 Å². The summed E-state index contributed by atoms with van der Waals surface area (Å²) in [6.45, 7) is 1.54. The molecule has 1 heterocycles. The molecular formula is C21H21ClN2O5. The first-order valence-corrected chi connectivity index (χ1v) is 9.43. The molecule has 1 aliphatic rings. The predicted octanol–water partition coefficient (Wildman–Crippen LogP) is 3.19. The van der Waals surface area contributed by atoms with Crippen molar-refractivity contribution in [1.29, 1.82) is 0 Å². The normalized spacial score (nSPS) is 15.9. The Kier molecular flexibility index (Phi) is 6.39. The molecule has 0 saturated carbocycles. The van der Waals surface area contributed by atoms with Crippen LogP contribution in [0.1, 0.15) is 12.0 Å². The molecule has 1 saturated heterocycles. The van der Waals surface area contributed by atoms with Crippen LogP contribution in [-0.2, 0) is 19.1 Å². The van der Waals surface area contributed by atoms with E-state index in [1.54, 1.807) is 56.5 Å². The Morgan fingerprint density at radius 1 is 1.24 bits per heavy atom. The Hall–Kier alpha value is -3.06. The first-order chi connectivity index (χ1) is 13.9. The molecule has 1 aliphatic heterocycles. The zero-order valence-corrected chi connectivity index (χ0v) is 16.9. The van der Waals surface area contributed by atoms with Crippen molar-refractivity contribution in [2.45, 2.75) is 13.3 Å². The fourth-order valence-corrected chi connectivity index (χ4v) is 3.25. The maximum absolute atomic E-state index is 12.3. The summed E-state index contributed by atoms with van der Waals surface area (Å²) in [5.41, 5.74) is 1.93. The average Bonchev–Trinajstić information content (AvgIpc) is 3.11. The molecule has 152 valence electrons. The molecule has 0 bridgehead atoms. The van der Waals surface area contributed by atoms with E-state index in [0.29, 0.717) is 22.1 Å². The maximum Gasteiger partial charge on any atom is 0.311 e. The van der Waals surface area contributed by atoms with E-state index in [4.69, 9.17) is 21.1 Å². The summed E-state index contributed by atoms with van der Waals surface area (Å²) in [4.78, 5) is 38.3. The minimum Gasteiger partial charge on any atom is -0.497 e. The van der Waals surface area contributed by atoms with Crippen LogP contribution in [0.5, 0.6) is 5.75 Å². The van der Waals surface area contributed by atoms with Gasteiger partial charge in [0.15, 0.2) is 6.61 Å². The fraction of sp³-hybridized carbons (Fsp3) is 0.286. The van der Waals surface area contributed by atoms with Gasteiger partial charge in [0.2, 0.25) is 5.91 Å². The number of halogens is 1. The highest BCUT2D eigenvalue weighted by molar-refractivity contribution is 6.31. The molecule has 1 atom stereocenters. The van der Waals surface area contributed by atoms with E-state index in [-0.39, 0.29) is 18.9 Å². The van der Waals surface area contributed by atoms with Crippen molar-refractivity contribution in [2.75, 3.05) is 30.5 Å². The number of hydrogen-bond donors (Lipinski definition) is 1. The van der Waals surface area contributed by atoms with Gasteiger partial charge in [-0.25, -0.2) is 0 Å². The van der Waals surface area contributed by atoms with Crippen LogP contribution >= 0.6 is 11.6 Å². The van der Waals surface area contributed by atoms with Crippen molar-refractivity contribution >= 4 is 40.8 Å². The molecule has 0 aliphatic carbocycles. The van der Waals surface area contributed by atoms with Gasteiger partial charge in [-0.05, 0) is 36.8 Å². The predicted molar refractivity (Wildman–Crippen MR) is 109 cm³/mol. The van der Waals surface area contributed by atoms with E-state index in [9.17, 15) is 14.4 Å². The number of ether oxygens (including phenoxy) is 2. The van der Waals surface area contributed by atoms with Crippen LogP contribution in [0.25, 0.3) is 0 Å². The number of nitrogens with zero attached hydrogens (tertiary/aromatic N) is 1. The van der Waals surface area contributed by atoms with E-state index >= 15 is 0 Å². The number of methoxy groups -OCH3 is 1. The van der Waals surface area contributed by atoms with Crippen LogP contribution in [-0.4, -0.2) is 38.0 Å². The maximum atomic E-state index is 12.3. The van der Waals surface area contributed by atoms with Gasteiger partial charge in [-0.2, -0.15) is 0 Å². The molecule has 0 unspecified atom stereocenters. The average molecular weight is 417 g/mol. The molecule has 0 spiro atoms. The number of nitrogens with one attached hydrogen (secondary N) is 1. The third-order valence-electron chi connectivity index (χ3n) is 4.71. The van der Waals surface area contributed by atoms with Crippen LogP contribution in [0, 0.1) is 12.8 Å². The second-order valence-corrected chi connectivity index (χ2v) is 7.08. The lowest BCUT2D eigenvalue weighted by Gasteiger charge is -2.17. The van der Waals surface area contributed by atoms with Gasteiger partial charge in [-0.1, -0.05) is 23.7 Å². The summed E-state index contributed by atoms with van der Waals surface area (Å²) in [7, 11) is 1.54. The highest BCUT2D eigenvalue weighted by Gasteiger charge is 2.36. The summed E-state index contributed by atoms with van der Waals surface area (Å²) in [6.07, 6.45) is 0.0328. The summed E-state index contributed by atoms with van der Waals surface area (Å²) in [5, 5.41) is 3.19. The SMILES string of the molecule is COc1cccc(N2C[C@@H](C(=O)OCC(=O)Nc3cccc(Cl)c3C)CC2=O)c1. The quantitative estimate of drug-likeness (QED) is 0.731. The molecule has 3 rings (SSSR count). The van der Waals surface area contributed by atoms with Crippen molar-refractivity contribution < 1.29 is 23.9 Å². The highest BCUT2D eigenvalue weighted by atomic mass is 35.5. The van der Waals surface area contributed by atoms with E-state index < -0.39 is 24.4 Å². The third kappa shape index (κ3) is 4.86. The number of hydrogen-bond acceptors (Lipinski definition) is 5. The first-order valence-electron chi connectivity index (χ1n) is 9.05. The fourth-order valence-electron chi connectivity index (χ4n) is 3.08. The van der Waals surface area contributed by atoms with Crippen LogP contribution < -0.4 is 15.0 Å². The van der Waals surface area contributed by atoms with Crippen molar-refractivity contribution in [3.63, 3.8) is 0 Å². The lowest BCUT2D eigenvalue weighted by atomic mass is 10.1. The molecule has 29 heavy (non-hydrogen) atoms. The Morgan fingerprint density at radius 3 is 2.76 bits per heavy atom. The number of benzene rings is 2. The van der Waals surface area contributed by atoms with Gasteiger partial charge < -0.3 is 19.7 Å². The van der Waals surface area contributed by atoms with Crippen LogP contribution in [0.2, 0.25) is 5.02 Å². The Morgan fingerprint density at radius 2 is 2.00 bits per heavy atom. The van der Waals surface area contributed by atoms with Gasteiger partial charge in [-0.15, -0.1) is 0 Å². The van der Waals surface area contributed by atoms with E-state index in [0.717, 1.165) is 5.56 Å². The van der Waals surface area contributed by atoms with Gasteiger partial charge in [0.25, 0.3) is 5.91 Å². The standard InChI is InChI=1S/C21H21ClN2O5/c1-13-17(22)7-4-8-18(13)23-19(25)12-29-21(27)14-9-20(26)24(11-14)15-5-3-6-16(10-15)28-2/h3-8,10,14H,9,11-12H2,1-2H3,(H,23,25)/t14-/m0/s1. The van der Waals surface area contributed by atoms with Crippen molar-refractivity contribution in [1.82, 2.24) is 0 Å². The van der Waals surface area contributed by atoms with E-state index in [1.807, 2.05) is 0 Å². The molecule has 0 radical (unpaired) electrons. The number of esters is 1. The number of amides is 2. The van der Waals surface area contributed by atoms with Crippen molar-refractivity contribution in [3.05, 3.63) is 53.1 Å². The Balaban J connectivity index is 1.55. The van der Waals surface area contributed by atoms with Gasteiger partial charge in [0, 0.05) is 35.4 Å². The largest absolute Gasteiger partial charge is 0.497 e. The van der Waals surface area contributed by atoms with Gasteiger partial charge >= 0.3 is 5.97 Å². The second-order valence-electron chi connectivity index (χ2n) is 6.68.